The smallest absolute Gasteiger partial charge is 0.306 e. The number of rotatable bonds is 0. The number of allylic oxidation sites excluding steroid dienone is 1. The van der Waals surface area contributed by atoms with Crippen LogP contribution in [0.1, 0.15) is 65.2 Å². The average Bonchev–Trinajstić information content (AvgIpc) is 2.53. The minimum absolute atomic E-state index is 0.0409. The minimum Gasteiger partial charge on any atom is -0.515 e. The molecule has 0 aromatic rings. The van der Waals surface area contributed by atoms with Gasteiger partial charge in [-0.2, -0.15) is 0 Å². The normalized spacial score (nSPS) is 49.8. The summed E-state index contributed by atoms with van der Waals surface area (Å²) in [5.41, 5.74) is 0.409. The topological polar surface area (TPSA) is 63.6 Å². The first kappa shape index (κ1) is 16.2. The fourth-order valence-corrected chi connectivity index (χ4v) is 6.64. The highest BCUT2D eigenvalue weighted by Gasteiger charge is 2.59. The molecule has 4 rings (SSSR count). The molecule has 4 nitrogen and oxygen atoms in total. The zero-order chi connectivity index (χ0) is 17.1. The number of ketones is 1. The monoisotopic (exact) mass is 332 g/mol. The van der Waals surface area contributed by atoms with E-state index >= 15 is 0 Å². The van der Waals surface area contributed by atoms with Crippen LogP contribution in [0.25, 0.3) is 0 Å². The van der Waals surface area contributed by atoms with E-state index in [4.69, 9.17) is 4.74 Å². The van der Waals surface area contributed by atoms with Crippen LogP contribution < -0.4 is 0 Å². The Labute approximate surface area is 143 Å². The third-order valence-electron chi connectivity index (χ3n) is 7.92. The van der Waals surface area contributed by atoms with Crippen molar-refractivity contribution in [2.45, 2.75) is 70.8 Å². The molecule has 0 radical (unpaired) electrons. The van der Waals surface area contributed by atoms with Gasteiger partial charge in [0.15, 0.2) is 5.78 Å². The highest BCUT2D eigenvalue weighted by molar-refractivity contribution is 5.96. The molecule has 0 spiro atoms. The van der Waals surface area contributed by atoms with Crippen LogP contribution in [0.4, 0.5) is 0 Å². The van der Waals surface area contributed by atoms with Gasteiger partial charge in [-0.3, -0.25) is 9.59 Å². The zero-order valence-electron chi connectivity index (χ0n) is 14.7. The molecule has 0 unspecified atom stereocenters. The minimum atomic E-state index is -0.292. The van der Waals surface area contributed by atoms with E-state index in [2.05, 4.69) is 13.8 Å². The number of hydrogen-bond acceptors (Lipinski definition) is 4. The maximum absolute atomic E-state index is 12.2. The molecule has 1 N–H and O–H groups in total. The SMILES string of the molecule is C[C@]12C/C(=C\O)C(=O)C[C@@H]1CC[C@H]1[C@H]2CC[C@@]2(C)OC(=O)CC[C@@H]12. The van der Waals surface area contributed by atoms with Crippen molar-refractivity contribution < 1.29 is 19.4 Å². The van der Waals surface area contributed by atoms with Gasteiger partial charge in [-0.15, -0.1) is 0 Å². The van der Waals surface area contributed by atoms with Crippen LogP contribution in [0.3, 0.4) is 0 Å². The van der Waals surface area contributed by atoms with Crippen LogP contribution in [0.2, 0.25) is 0 Å². The van der Waals surface area contributed by atoms with Gasteiger partial charge in [0.2, 0.25) is 0 Å². The average molecular weight is 332 g/mol. The molecule has 24 heavy (non-hydrogen) atoms. The Morgan fingerprint density at radius 2 is 1.92 bits per heavy atom. The summed E-state index contributed by atoms with van der Waals surface area (Å²) in [6.45, 7) is 4.46. The molecule has 0 bridgehead atoms. The van der Waals surface area contributed by atoms with Crippen LogP contribution in [0.5, 0.6) is 0 Å². The van der Waals surface area contributed by atoms with Crippen LogP contribution in [-0.4, -0.2) is 22.5 Å². The second-order valence-electron chi connectivity index (χ2n) is 8.98. The van der Waals surface area contributed by atoms with Crippen molar-refractivity contribution >= 4 is 11.8 Å². The maximum Gasteiger partial charge on any atom is 0.306 e. The number of ether oxygens (including phenoxy) is 1. The van der Waals surface area contributed by atoms with Gasteiger partial charge in [-0.25, -0.2) is 0 Å². The van der Waals surface area contributed by atoms with Crippen molar-refractivity contribution in [2.24, 2.45) is 29.1 Å². The van der Waals surface area contributed by atoms with E-state index in [1.54, 1.807) is 0 Å². The fraction of sp³-hybridized carbons (Fsp3) is 0.800. The molecule has 1 aliphatic heterocycles. The molecule has 1 saturated heterocycles. The second-order valence-corrected chi connectivity index (χ2v) is 8.98. The van der Waals surface area contributed by atoms with Crippen LogP contribution >= 0.6 is 0 Å². The van der Waals surface area contributed by atoms with Gasteiger partial charge in [-0.05, 0) is 68.6 Å². The highest BCUT2D eigenvalue weighted by atomic mass is 16.6. The molecule has 0 aromatic heterocycles. The molecule has 1 heterocycles. The predicted octanol–water partition coefficient (Wildman–Crippen LogP) is 3.95. The van der Waals surface area contributed by atoms with Gasteiger partial charge in [0.05, 0.1) is 6.26 Å². The molecule has 3 saturated carbocycles. The summed E-state index contributed by atoms with van der Waals surface area (Å²) in [6, 6.07) is 0. The molecule has 6 atom stereocenters. The van der Waals surface area contributed by atoms with Gasteiger partial charge in [0.1, 0.15) is 5.60 Å². The van der Waals surface area contributed by atoms with Gasteiger partial charge in [-0.1, -0.05) is 6.92 Å². The van der Waals surface area contributed by atoms with E-state index < -0.39 is 0 Å². The number of Topliss-reactive ketones (excluding diaryl/α,β-unsaturated/α-hetero) is 1. The number of carbonyl (C=O) groups is 2. The number of carbonyl (C=O) groups excluding carboxylic acids is 2. The summed E-state index contributed by atoms with van der Waals surface area (Å²) >= 11 is 0. The molecule has 0 amide bonds. The van der Waals surface area contributed by atoms with Crippen LogP contribution in [-0.2, 0) is 14.3 Å². The molecule has 0 aromatic carbocycles. The Bertz CT molecular complexity index is 609. The third-order valence-corrected chi connectivity index (χ3v) is 7.92. The first-order chi connectivity index (χ1) is 11.4. The van der Waals surface area contributed by atoms with Crippen LogP contribution in [0.15, 0.2) is 11.8 Å². The van der Waals surface area contributed by atoms with Crippen molar-refractivity contribution in [3.05, 3.63) is 11.8 Å². The first-order valence-corrected chi connectivity index (χ1v) is 9.46. The summed E-state index contributed by atoms with van der Waals surface area (Å²) < 4.78 is 5.81. The van der Waals surface area contributed by atoms with Crippen molar-refractivity contribution in [3.8, 4) is 0 Å². The van der Waals surface area contributed by atoms with Crippen molar-refractivity contribution in [3.63, 3.8) is 0 Å². The number of esters is 1. The third kappa shape index (κ3) is 2.18. The van der Waals surface area contributed by atoms with Gasteiger partial charge < -0.3 is 9.84 Å². The Balaban J connectivity index is 1.65. The lowest BCUT2D eigenvalue weighted by Gasteiger charge is -2.61. The number of aliphatic hydroxyl groups is 1. The van der Waals surface area contributed by atoms with Gasteiger partial charge in [0.25, 0.3) is 0 Å². The predicted molar refractivity (Wildman–Crippen MR) is 89.2 cm³/mol. The van der Waals surface area contributed by atoms with Crippen molar-refractivity contribution in [1.29, 1.82) is 0 Å². The number of fused-ring (bicyclic) bond motifs is 5. The quantitative estimate of drug-likeness (QED) is 0.414. The summed E-state index contributed by atoms with van der Waals surface area (Å²) in [6.07, 6.45) is 8.05. The molecule has 132 valence electrons. The number of aliphatic hydroxyl groups excluding tert-OH is 1. The summed E-state index contributed by atoms with van der Waals surface area (Å²) in [5, 5.41) is 9.48. The van der Waals surface area contributed by atoms with E-state index in [9.17, 15) is 14.7 Å². The largest absolute Gasteiger partial charge is 0.515 e. The highest BCUT2D eigenvalue weighted by Crippen LogP contribution is 2.63. The van der Waals surface area contributed by atoms with E-state index in [1.807, 2.05) is 0 Å². The van der Waals surface area contributed by atoms with E-state index in [1.165, 1.54) is 0 Å². The Hall–Kier alpha value is -1.32. The second kappa shape index (κ2) is 5.34. The van der Waals surface area contributed by atoms with Gasteiger partial charge >= 0.3 is 5.97 Å². The summed E-state index contributed by atoms with van der Waals surface area (Å²) in [4.78, 5) is 24.0. The van der Waals surface area contributed by atoms with E-state index in [-0.39, 0.29) is 22.8 Å². The molecular formula is C20H28O4. The maximum atomic E-state index is 12.2. The molecule has 4 aliphatic rings. The number of hydrogen-bond donors (Lipinski definition) is 1. The summed E-state index contributed by atoms with van der Waals surface area (Å²) in [7, 11) is 0. The summed E-state index contributed by atoms with van der Waals surface area (Å²) in [5.74, 6) is 2.11. The molecular weight excluding hydrogens is 304 g/mol. The van der Waals surface area contributed by atoms with Gasteiger partial charge in [0, 0.05) is 24.3 Å². The first-order valence-electron chi connectivity index (χ1n) is 9.46. The molecule has 3 aliphatic carbocycles. The standard InChI is InChI=1S/C20H28O4/c1-19-10-12(11-21)17(22)9-13(19)3-4-14-15(19)7-8-20(2)16(14)5-6-18(23)24-20/h11,13-16,21H,3-10H2,1-2H3/b12-11+/t13-,14-,15+,16-,19-,20+/m0/s1. The van der Waals surface area contributed by atoms with Crippen LogP contribution in [0, 0.1) is 29.1 Å². The van der Waals surface area contributed by atoms with E-state index in [0.29, 0.717) is 48.5 Å². The lowest BCUT2D eigenvalue weighted by molar-refractivity contribution is -0.201. The molecule has 4 heteroatoms. The Morgan fingerprint density at radius 1 is 1.12 bits per heavy atom. The fourth-order valence-electron chi connectivity index (χ4n) is 6.64. The van der Waals surface area contributed by atoms with E-state index in [0.717, 1.165) is 38.4 Å². The van der Waals surface area contributed by atoms with Crippen molar-refractivity contribution in [1.82, 2.24) is 0 Å². The van der Waals surface area contributed by atoms with Crippen molar-refractivity contribution in [2.75, 3.05) is 0 Å². The Morgan fingerprint density at radius 3 is 2.67 bits per heavy atom. The lowest BCUT2D eigenvalue weighted by atomic mass is 9.45. The lowest BCUT2D eigenvalue weighted by Crippen LogP contribution is -2.58. The Kier molecular flexibility index (Phi) is 3.59. The zero-order valence-corrected chi connectivity index (χ0v) is 14.7. The molecule has 4 fully saturated rings.